The van der Waals surface area contributed by atoms with Crippen LogP contribution >= 0.6 is 0 Å². The van der Waals surface area contributed by atoms with Crippen LogP contribution in [0.2, 0.25) is 0 Å². The minimum Gasteiger partial charge on any atom is -0.331 e. The van der Waals surface area contributed by atoms with Gasteiger partial charge in [0.15, 0.2) is 0 Å². The maximum Gasteiger partial charge on any atom is 0.0951 e. The Bertz CT molecular complexity index is 372. The Morgan fingerprint density at radius 3 is 2.50 bits per heavy atom. The normalized spacial score (nSPS) is 15.0. The standard InChI is InChI=1S/C16H32N4/c1-6-8-9-19(14(5)7-2)15(10-17)16-11-18-12-20(16)13(3)4/h11-15H,6-10,17H2,1-5H3. The predicted octanol–water partition coefficient (Wildman–Crippen LogP) is 3.36. The Balaban J connectivity index is 3.02. The van der Waals surface area contributed by atoms with E-state index in [0.717, 1.165) is 13.0 Å². The van der Waals surface area contributed by atoms with E-state index in [1.54, 1.807) is 0 Å². The van der Waals surface area contributed by atoms with E-state index in [4.69, 9.17) is 5.73 Å². The van der Waals surface area contributed by atoms with Gasteiger partial charge in [-0.3, -0.25) is 4.90 Å². The molecule has 0 bridgehead atoms. The van der Waals surface area contributed by atoms with Crippen LogP contribution in [0.3, 0.4) is 0 Å². The number of nitrogens with two attached hydrogens (primary N) is 1. The van der Waals surface area contributed by atoms with Crippen LogP contribution in [0.25, 0.3) is 0 Å². The molecule has 2 N–H and O–H groups in total. The summed E-state index contributed by atoms with van der Waals surface area (Å²) in [5.74, 6) is 0. The monoisotopic (exact) mass is 280 g/mol. The quantitative estimate of drug-likeness (QED) is 0.754. The molecule has 0 aromatic carbocycles. The molecule has 0 fully saturated rings. The average molecular weight is 280 g/mol. The van der Waals surface area contributed by atoms with Crippen LogP contribution in [0.4, 0.5) is 0 Å². The van der Waals surface area contributed by atoms with Crippen molar-refractivity contribution < 1.29 is 0 Å². The molecule has 1 aromatic rings. The summed E-state index contributed by atoms with van der Waals surface area (Å²) in [5.41, 5.74) is 7.36. The molecular weight excluding hydrogens is 248 g/mol. The molecule has 1 heterocycles. The Labute approximate surface area is 124 Å². The molecule has 0 aliphatic rings. The topological polar surface area (TPSA) is 47.1 Å². The molecule has 20 heavy (non-hydrogen) atoms. The lowest BCUT2D eigenvalue weighted by molar-refractivity contribution is 0.134. The summed E-state index contributed by atoms with van der Waals surface area (Å²) in [6.45, 7) is 12.9. The summed E-state index contributed by atoms with van der Waals surface area (Å²) < 4.78 is 2.25. The van der Waals surface area contributed by atoms with E-state index in [9.17, 15) is 0 Å². The van der Waals surface area contributed by atoms with E-state index in [1.165, 1.54) is 18.5 Å². The van der Waals surface area contributed by atoms with Crippen LogP contribution in [-0.4, -0.2) is 33.6 Å². The number of hydrogen-bond donors (Lipinski definition) is 1. The minimum absolute atomic E-state index is 0.265. The van der Waals surface area contributed by atoms with Crippen LogP contribution in [-0.2, 0) is 0 Å². The molecule has 1 aromatic heterocycles. The van der Waals surface area contributed by atoms with Crippen molar-refractivity contribution in [2.45, 2.75) is 72.0 Å². The van der Waals surface area contributed by atoms with Crippen molar-refractivity contribution in [3.05, 3.63) is 18.2 Å². The van der Waals surface area contributed by atoms with Crippen LogP contribution in [0.1, 0.15) is 71.7 Å². The zero-order chi connectivity index (χ0) is 15.1. The fourth-order valence-electron chi connectivity index (χ4n) is 2.69. The van der Waals surface area contributed by atoms with Gasteiger partial charge in [0.25, 0.3) is 0 Å². The van der Waals surface area contributed by atoms with Crippen molar-refractivity contribution >= 4 is 0 Å². The highest BCUT2D eigenvalue weighted by molar-refractivity contribution is 5.08. The smallest absolute Gasteiger partial charge is 0.0951 e. The van der Waals surface area contributed by atoms with Crippen molar-refractivity contribution in [1.82, 2.24) is 14.5 Å². The van der Waals surface area contributed by atoms with Crippen molar-refractivity contribution in [1.29, 1.82) is 0 Å². The lowest BCUT2D eigenvalue weighted by atomic mass is 10.1. The Morgan fingerprint density at radius 1 is 1.30 bits per heavy atom. The molecule has 0 amide bonds. The second-order valence-electron chi connectivity index (χ2n) is 5.92. The van der Waals surface area contributed by atoms with Gasteiger partial charge in [-0.15, -0.1) is 0 Å². The summed E-state index contributed by atoms with van der Waals surface area (Å²) in [4.78, 5) is 6.90. The van der Waals surface area contributed by atoms with Gasteiger partial charge in [-0.05, 0) is 40.2 Å². The largest absolute Gasteiger partial charge is 0.331 e. The zero-order valence-corrected chi connectivity index (χ0v) is 13.8. The molecule has 2 unspecified atom stereocenters. The van der Waals surface area contributed by atoms with Crippen LogP contribution in [0.5, 0.6) is 0 Å². The van der Waals surface area contributed by atoms with Gasteiger partial charge in [-0.2, -0.15) is 0 Å². The first-order valence-corrected chi connectivity index (χ1v) is 8.04. The molecule has 4 heteroatoms. The highest BCUT2D eigenvalue weighted by Gasteiger charge is 2.25. The van der Waals surface area contributed by atoms with E-state index in [2.05, 4.69) is 49.1 Å². The minimum atomic E-state index is 0.265. The van der Waals surface area contributed by atoms with Crippen LogP contribution in [0, 0.1) is 0 Å². The number of rotatable bonds is 9. The van der Waals surface area contributed by atoms with E-state index in [1.807, 2.05) is 12.5 Å². The molecule has 4 nitrogen and oxygen atoms in total. The number of hydrogen-bond acceptors (Lipinski definition) is 3. The van der Waals surface area contributed by atoms with E-state index >= 15 is 0 Å². The second kappa shape index (κ2) is 8.42. The molecule has 0 aliphatic heterocycles. The molecule has 0 saturated carbocycles. The maximum atomic E-state index is 6.12. The Morgan fingerprint density at radius 2 is 2.00 bits per heavy atom. The maximum absolute atomic E-state index is 6.12. The third-order valence-corrected chi connectivity index (χ3v) is 4.14. The summed E-state index contributed by atoms with van der Waals surface area (Å²) >= 11 is 0. The molecular formula is C16H32N4. The first kappa shape index (κ1) is 17.2. The van der Waals surface area contributed by atoms with Crippen LogP contribution < -0.4 is 5.73 Å². The predicted molar refractivity (Wildman–Crippen MR) is 85.8 cm³/mol. The summed E-state index contributed by atoms with van der Waals surface area (Å²) in [7, 11) is 0. The van der Waals surface area contributed by atoms with Crippen LogP contribution in [0.15, 0.2) is 12.5 Å². The van der Waals surface area contributed by atoms with E-state index < -0.39 is 0 Å². The van der Waals surface area contributed by atoms with Gasteiger partial charge in [0, 0.05) is 24.8 Å². The third-order valence-electron chi connectivity index (χ3n) is 4.14. The van der Waals surface area contributed by atoms with Gasteiger partial charge < -0.3 is 10.3 Å². The fourth-order valence-corrected chi connectivity index (χ4v) is 2.69. The van der Waals surface area contributed by atoms with Gasteiger partial charge >= 0.3 is 0 Å². The fraction of sp³-hybridized carbons (Fsp3) is 0.812. The summed E-state index contributed by atoms with van der Waals surface area (Å²) in [6, 6.07) is 1.23. The van der Waals surface area contributed by atoms with Gasteiger partial charge in [-0.25, -0.2) is 4.98 Å². The molecule has 0 spiro atoms. The number of nitrogens with zero attached hydrogens (tertiary/aromatic N) is 3. The zero-order valence-electron chi connectivity index (χ0n) is 13.8. The molecule has 0 aliphatic carbocycles. The van der Waals surface area contributed by atoms with Crippen molar-refractivity contribution in [3.8, 4) is 0 Å². The van der Waals surface area contributed by atoms with Crippen molar-refractivity contribution in [3.63, 3.8) is 0 Å². The SMILES string of the molecule is CCCCN(C(C)CC)C(CN)c1cncn1C(C)C. The average Bonchev–Trinajstić information content (AvgIpc) is 2.91. The number of unbranched alkanes of at least 4 members (excludes halogenated alkanes) is 1. The number of aromatic nitrogens is 2. The molecule has 2 atom stereocenters. The van der Waals surface area contributed by atoms with E-state index in [-0.39, 0.29) is 6.04 Å². The molecule has 116 valence electrons. The molecule has 0 saturated heterocycles. The first-order chi connectivity index (χ1) is 9.56. The third kappa shape index (κ3) is 4.06. The summed E-state index contributed by atoms with van der Waals surface area (Å²) in [5, 5.41) is 0. The van der Waals surface area contributed by atoms with Gasteiger partial charge in [-0.1, -0.05) is 20.3 Å². The Hall–Kier alpha value is -0.870. The van der Waals surface area contributed by atoms with Gasteiger partial charge in [0.1, 0.15) is 0 Å². The number of imidazole rings is 1. The lowest BCUT2D eigenvalue weighted by Crippen LogP contribution is -2.41. The lowest BCUT2D eigenvalue weighted by Gasteiger charge is -2.36. The van der Waals surface area contributed by atoms with Gasteiger partial charge in [0.2, 0.25) is 0 Å². The summed E-state index contributed by atoms with van der Waals surface area (Å²) in [6.07, 6.45) is 7.50. The first-order valence-electron chi connectivity index (χ1n) is 8.04. The highest BCUT2D eigenvalue weighted by atomic mass is 15.2. The molecule has 0 radical (unpaired) electrons. The Kier molecular flexibility index (Phi) is 7.24. The highest BCUT2D eigenvalue weighted by Crippen LogP contribution is 2.25. The van der Waals surface area contributed by atoms with Gasteiger partial charge in [0.05, 0.1) is 18.1 Å². The van der Waals surface area contributed by atoms with Crippen molar-refractivity contribution in [2.24, 2.45) is 5.73 Å². The second-order valence-corrected chi connectivity index (χ2v) is 5.92. The van der Waals surface area contributed by atoms with E-state index in [0.29, 0.717) is 18.6 Å². The van der Waals surface area contributed by atoms with Crippen molar-refractivity contribution in [2.75, 3.05) is 13.1 Å². The molecule has 1 rings (SSSR count).